The van der Waals surface area contributed by atoms with Crippen LogP contribution >= 0.6 is 0 Å². The van der Waals surface area contributed by atoms with Crippen LogP contribution in [-0.2, 0) is 19.4 Å². The van der Waals surface area contributed by atoms with Gasteiger partial charge in [0.15, 0.2) is 0 Å². The molecule has 0 radical (unpaired) electrons. The van der Waals surface area contributed by atoms with Crippen molar-refractivity contribution in [3.05, 3.63) is 27.7 Å². The van der Waals surface area contributed by atoms with Gasteiger partial charge in [-0.2, -0.15) is 5.10 Å². The van der Waals surface area contributed by atoms with Crippen LogP contribution in [0.15, 0.2) is 10.9 Å². The van der Waals surface area contributed by atoms with Crippen LogP contribution in [0, 0.1) is 5.92 Å². The fourth-order valence-corrected chi connectivity index (χ4v) is 3.90. The van der Waals surface area contributed by atoms with Crippen LogP contribution < -0.4 is 5.56 Å². The summed E-state index contributed by atoms with van der Waals surface area (Å²) in [6, 6.07) is 1.78. The quantitative estimate of drug-likeness (QED) is 0.881. The van der Waals surface area contributed by atoms with Crippen molar-refractivity contribution in [3.8, 4) is 0 Å². The summed E-state index contributed by atoms with van der Waals surface area (Å²) in [5.74, 6) is 0.498. The van der Waals surface area contributed by atoms with Gasteiger partial charge in [0.2, 0.25) is 0 Å². The second-order valence-electron chi connectivity index (χ2n) is 7.13. The summed E-state index contributed by atoms with van der Waals surface area (Å²) >= 11 is 0. The standard InChI is InChI=1S/C16H23N3O2/c20-15-7-13-3-1-4-14(13)17-19(15)10-12-8-18(9-12)11-16(21)5-2-6-16/h7,12,21H,1-6,8-11H2. The van der Waals surface area contributed by atoms with Crippen LogP contribution in [0.3, 0.4) is 0 Å². The topological polar surface area (TPSA) is 58.4 Å². The van der Waals surface area contributed by atoms with E-state index < -0.39 is 5.60 Å². The van der Waals surface area contributed by atoms with Crippen LogP contribution in [-0.4, -0.2) is 45.0 Å². The molecule has 114 valence electrons. The SMILES string of the molecule is O=c1cc2c(nn1CC1CN(CC3(O)CCC3)C1)CCC2. The van der Waals surface area contributed by atoms with Crippen LogP contribution in [0.1, 0.15) is 36.9 Å². The summed E-state index contributed by atoms with van der Waals surface area (Å²) in [5, 5.41) is 14.7. The first-order chi connectivity index (χ1) is 10.1. The molecule has 5 nitrogen and oxygen atoms in total. The first-order valence-electron chi connectivity index (χ1n) is 8.16. The largest absolute Gasteiger partial charge is 0.389 e. The van der Waals surface area contributed by atoms with Crippen molar-refractivity contribution >= 4 is 0 Å². The minimum atomic E-state index is -0.423. The van der Waals surface area contributed by atoms with E-state index in [-0.39, 0.29) is 5.56 Å². The fourth-order valence-electron chi connectivity index (χ4n) is 3.90. The van der Waals surface area contributed by atoms with Crippen molar-refractivity contribution in [2.24, 2.45) is 5.92 Å². The second kappa shape index (κ2) is 4.92. The van der Waals surface area contributed by atoms with Gasteiger partial charge in [0, 0.05) is 31.6 Å². The van der Waals surface area contributed by atoms with Gasteiger partial charge in [-0.3, -0.25) is 9.69 Å². The van der Waals surface area contributed by atoms with E-state index in [0.717, 1.165) is 76.0 Å². The Hall–Kier alpha value is -1.20. The third kappa shape index (κ3) is 2.53. The first kappa shape index (κ1) is 13.5. The van der Waals surface area contributed by atoms with Gasteiger partial charge in [-0.1, -0.05) is 0 Å². The Morgan fingerprint density at radius 2 is 2.10 bits per heavy atom. The molecule has 2 aliphatic carbocycles. The highest BCUT2D eigenvalue weighted by molar-refractivity contribution is 5.22. The number of rotatable bonds is 4. The lowest BCUT2D eigenvalue weighted by molar-refractivity contribution is -0.0819. The average Bonchev–Trinajstić information content (AvgIpc) is 2.81. The van der Waals surface area contributed by atoms with Crippen LogP contribution in [0.4, 0.5) is 0 Å². The molecule has 2 fully saturated rings. The molecule has 1 saturated carbocycles. The third-order valence-electron chi connectivity index (χ3n) is 5.29. The predicted octanol–water partition coefficient (Wildman–Crippen LogP) is 0.579. The molecular formula is C16H23N3O2. The van der Waals surface area contributed by atoms with Gasteiger partial charge in [-0.25, -0.2) is 4.68 Å². The number of hydrogen-bond acceptors (Lipinski definition) is 4. The summed E-state index contributed by atoms with van der Waals surface area (Å²) in [6.07, 6.45) is 6.19. The lowest BCUT2D eigenvalue weighted by Gasteiger charge is -2.47. The van der Waals surface area contributed by atoms with Gasteiger partial charge in [0.05, 0.1) is 17.8 Å². The molecule has 0 unspecified atom stereocenters. The van der Waals surface area contributed by atoms with E-state index in [4.69, 9.17) is 0 Å². The normalized spacial score (nSPS) is 24.4. The molecule has 4 rings (SSSR count). The second-order valence-corrected chi connectivity index (χ2v) is 7.13. The van der Waals surface area contributed by atoms with E-state index >= 15 is 0 Å². The van der Waals surface area contributed by atoms with E-state index in [1.807, 2.05) is 0 Å². The first-order valence-corrected chi connectivity index (χ1v) is 8.16. The van der Waals surface area contributed by atoms with Crippen LogP contribution in [0.2, 0.25) is 0 Å². The lowest BCUT2D eigenvalue weighted by atomic mass is 9.79. The average molecular weight is 289 g/mol. The van der Waals surface area contributed by atoms with E-state index in [1.54, 1.807) is 10.7 Å². The Morgan fingerprint density at radius 3 is 2.81 bits per heavy atom. The molecule has 5 heteroatoms. The van der Waals surface area contributed by atoms with Crippen LogP contribution in [0.25, 0.3) is 0 Å². The van der Waals surface area contributed by atoms with E-state index in [2.05, 4.69) is 10.00 Å². The number of fused-ring (bicyclic) bond motifs is 1. The zero-order valence-electron chi connectivity index (χ0n) is 12.4. The van der Waals surface area contributed by atoms with Gasteiger partial charge in [-0.15, -0.1) is 0 Å². The third-order valence-corrected chi connectivity index (χ3v) is 5.29. The van der Waals surface area contributed by atoms with E-state index in [1.165, 1.54) is 0 Å². The van der Waals surface area contributed by atoms with Crippen molar-refractivity contribution in [3.63, 3.8) is 0 Å². The Bertz CT molecular complexity index is 600. The van der Waals surface area contributed by atoms with E-state index in [0.29, 0.717) is 5.92 Å². The number of likely N-dealkylation sites (tertiary alicyclic amines) is 1. The molecule has 0 atom stereocenters. The molecule has 1 aromatic heterocycles. The summed E-state index contributed by atoms with van der Waals surface area (Å²) in [7, 11) is 0. The van der Waals surface area contributed by atoms with Crippen molar-refractivity contribution in [2.45, 2.75) is 50.7 Å². The van der Waals surface area contributed by atoms with Crippen molar-refractivity contribution < 1.29 is 5.11 Å². The summed E-state index contributed by atoms with van der Waals surface area (Å²) in [4.78, 5) is 14.4. The van der Waals surface area contributed by atoms with Crippen LogP contribution in [0.5, 0.6) is 0 Å². The Kier molecular flexibility index (Phi) is 3.15. The molecule has 0 aromatic carbocycles. The van der Waals surface area contributed by atoms with Crippen molar-refractivity contribution in [1.82, 2.24) is 14.7 Å². The fraction of sp³-hybridized carbons (Fsp3) is 0.750. The minimum absolute atomic E-state index is 0.0479. The van der Waals surface area contributed by atoms with Gasteiger partial charge in [-0.05, 0) is 44.1 Å². The predicted molar refractivity (Wildman–Crippen MR) is 79.3 cm³/mol. The minimum Gasteiger partial charge on any atom is -0.389 e. The molecule has 0 amide bonds. The summed E-state index contributed by atoms with van der Waals surface area (Å²) in [5.41, 5.74) is 1.90. The molecule has 21 heavy (non-hydrogen) atoms. The Balaban J connectivity index is 1.35. The highest BCUT2D eigenvalue weighted by Crippen LogP contribution is 2.34. The maximum atomic E-state index is 12.1. The highest BCUT2D eigenvalue weighted by atomic mass is 16.3. The zero-order chi connectivity index (χ0) is 14.4. The molecule has 2 heterocycles. The molecule has 1 aromatic rings. The Labute approximate surface area is 124 Å². The molecule has 0 spiro atoms. The molecule has 1 N–H and O–H groups in total. The van der Waals surface area contributed by atoms with Crippen molar-refractivity contribution in [1.29, 1.82) is 0 Å². The van der Waals surface area contributed by atoms with E-state index in [9.17, 15) is 9.90 Å². The van der Waals surface area contributed by atoms with Gasteiger partial charge < -0.3 is 5.11 Å². The summed E-state index contributed by atoms with van der Waals surface area (Å²) in [6.45, 7) is 3.48. The van der Waals surface area contributed by atoms with Crippen molar-refractivity contribution in [2.75, 3.05) is 19.6 Å². The van der Waals surface area contributed by atoms with Gasteiger partial charge >= 0.3 is 0 Å². The molecule has 1 saturated heterocycles. The number of aryl methyl sites for hydroxylation is 2. The highest BCUT2D eigenvalue weighted by Gasteiger charge is 2.39. The number of β-amino-alcohol motifs (C(OH)–C–C–N with tert-alkyl or cyclic N) is 1. The maximum Gasteiger partial charge on any atom is 0.267 e. The molecule has 1 aliphatic heterocycles. The zero-order valence-corrected chi connectivity index (χ0v) is 12.4. The molecular weight excluding hydrogens is 266 g/mol. The maximum absolute atomic E-state index is 12.1. The Morgan fingerprint density at radius 1 is 1.29 bits per heavy atom. The number of aromatic nitrogens is 2. The number of aliphatic hydroxyl groups is 1. The number of hydrogen-bond donors (Lipinski definition) is 1. The van der Waals surface area contributed by atoms with Gasteiger partial charge in [0.1, 0.15) is 0 Å². The monoisotopic (exact) mass is 289 g/mol. The molecule has 3 aliphatic rings. The smallest absolute Gasteiger partial charge is 0.267 e. The number of nitrogens with zero attached hydrogens (tertiary/aromatic N) is 3. The lowest BCUT2D eigenvalue weighted by Crippen LogP contribution is -2.57. The van der Waals surface area contributed by atoms with Gasteiger partial charge in [0.25, 0.3) is 5.56 Å². The molecule has 0 bridgehead atoms. The summed E-state index contributed by atoms with van der Waals surface area (Å²) < 4.78 is 1.66.